The molecule has 0 N–H and O–H groups in total. The number of methoxy groups -OCH3 is 1. The van der Waals surface area contributed by atoms with E-state index < -0.39 is 0 Å². The lowest BCUT2D eigenvalue weighted by Crippen LogP contribution is -1.97. The van der Waals surface area contributed by atoms with Gasteiger partial charge < -0.3 is 4.74 Å². The summed E-state index contributed by atoms with van der Waals surface area (Å²) in [6, 6.07) is 11.6. The van der Waals surface area contributed by atoms with Crippen LogP contribution in [-0.4, -0.2) is 7.11 Å². The van der Waals surface area contributed by atoms with Crippen LogP contribution < -0.4 is 4.74 Å². The van der Waals surface area contributed by atoms with Gasteiger partial charge in [0.1, 0.15) is 5.75 Å². The summed E-state index contributed by atoms with van der Waals surface area (Å²) in [4.78, 5) is 0. The molecule has 100 valence electrons. The zero-order valence-corrected chi connectivity index (χ0v) is 13.7. The molecule has 4 heteroatoms. The Hall–Kier alpha value is -0.700. The Kier molecular flexibility index (Phi) is 4.77. The zero-order chi connectivity index (χ0) is 14.0. The van der Waals surface area contributed by atoms with Crippen molar-refractivity contribution in [2.75, 3.05) is 7.11 Å². The third-order valence-corrected chi connectivity index (χ3v) is 4.32. The second-order valence-electron chi connectivity index (χ2n) is 4.26. The van der Waals surface area contributed by atoms with Gasteiger partial charge in [-0.25, -0.2) is 0 Å². The number of hydrogen-bond donors (Lipinski definition) is 0. The van der Waals surface area contributed by atoms with Crippen LogP contribution in [0.15, 0.2) is 40.9 Å². The van der Waals surface area contributed by atoms with Crippen molar-refractivity contribution in [2.24, 2.45) is 0 Å². The van der Waals surface area contributed by atoms with Crippen LogP contribution in [0, 0.1) is 6.92 Å². The predicted molar refractivity (Wildman–Crippen MR) is 84.6 cm³/mol. The average molecular weight is 360 g/mol. The number of alkyl halides is 1. The molecule has 1 unspecified atom stereocenters. The van der Waals surface area contributed by atoms with Gasteiger partial charge in [-0.05, 0) is 63.8 Å². The van der Waals surface area contributed by atoms with Crippen LogP contribution in [0.5, 0.6) is 5.75 Å². The van der Waals surface area contributed by atoms with Crippen LogP contribution in [0.3, 0.4) is 0 Å². The van der Waals surface area contributed by atoms with E-state index in [0.717, 1.165) is 26.9 Å². The third-order valence-electron chi connectivity index (χ3n) is 2.98. The molecule has 0 aliphatic heterocycles. The minimum Gasteiger partial charge on any atom is -0.496 e. The van der Waals surface area contributed by atoms with Gasteiger partial charge in [0.15, 0.2) is 0 Å². The Bertz CT molecular complexity index is 599. The highest BCUT2D eigenvalue weighted by molar-refractivity contribution is 9.10. The molecule has 1 nitrogen and oxygen atoms in total. The second-order valence-corrected chi connectivity index (χ2v) is 5.98. The SMILES string of the molecule is COc1ccc(C(Cl)c2cc(Cl)ccc2C)cc1Br. The molecule has 0 aliphatic carbocycles. The smallest absolute Gasteiger partial charge is 0.133 e. The van der Waals surface area contributed by atoms with Crippen LogP contribution in [0.2, 0.25) is 5.02 Å². The molecular weight excluding hydrogens is 347 g/mol. The van der Waals surface area contributed by atoms with Crippen molar-refractivity contribution < 1.29 is 4.74 Å². The van der Waals surface area contributed by atoms with Gasteiger partial charge >= 0.3 is 0 Å². The van der Waals surface area contributed by atoms with Gasteiger partial charge in [0.05, 0.1) is 17.0 Å². The summed E-state index contributed by atoms with van der Waals surface area (Å²) in [5, 5.41) is 0.458. The van der Waals surface area contributed by atoms with E-state index in [0.29, 0.717) is 5.02 Å². The van der Waals surface area contributed by atoms with E-state index in [9.17, 15) is 0 Å². The fraction of sp³-hybridized carbons (Fsp3) is 0.200. The van der Waals surface area contributed by atoms with Crippen LogP contribution in [0.4, 0.5) is 0 Å². The first-order valence-corrected chi connectivity index (χ1v) is 7.37. The first kappa shape index (κ1) is 14.7. The predicted octanol–water partition coefficient (Wildman–Crippen LogP) is 5.75. The van der Waals surface area contributed by atoms with E-state index in [1.165, 1.54) is 0 Å². The van der Waals surface area contributed by atoms with Crippen LogP contribution in [0.25, 0.3) is 0 Å². The molecule has 0 fully saturated rings. The van der Waals surface area contributed by atoms with E-state index in [4.69, 9.17) is 27.9 Å². The summed E-state index contributed by atoms with van der Waals surface area (Å²) in [6.45, 7) is 2.03. The highest BCUT2D eigenvalue weighted by atomic mass is 79.9. The molecule has 0 heterocycles. The lowest BCUT2D eigenvalue weighted by atomic mass is 10.00. The van der Waals surface area contributed by atoms with Gasteiger partial charge in [-0.15, -0.1) is 11.6 Å². The number of ether oxygens (including phenoxy) is 1. The second kappa shape index (κ2) is 6.17. The molecule has 1 atom stereocenters. The zero-order valence-electron chi connectivity index (χ0n) is 10.6. The highest BCUT2D eigenvalue weighted by Gasteiger charge is 2.15. The largest absolute Gasteiger partial charge is 0.496 e. The summed E-state index contributed by atoms with van der Waals surface area (Å²) < 4.78 is 6.10. The summed E-state index contributed by atoms with van der Waals surface area (Å²) >= 11 is 16.1. The minimum atomic E-state index is -0.235. The lowest BCUT2D eigenvalue weighted by molar-refractivity contribution is 0.412. The Morgan fingerprint density at radius 1 is 1.16 bits per heavy atom. The molecule has 0 radical (unpaired) electrons. The molecule has 0 saturated heterocycles. The van der Waals surface area contributed by atoms with Crippen LogP contribution >= 0.6 is 39.1 Å². The van der Waals surface area contributed by atoms with Crippen molar-refractivity contribution in [3.8, 4) is 5.75 Å². The van der Waals surface area contributed by atoms with Crippen LogP contribution in [-0.2, 0) is 0 Å². The molecule has 2 aromatic carbocycles. The van der Waals surface area contributed by atoms with Crippen molar-refractivity contribution in [3.05, 3.63) is 62.6 Å². The van der Waals surface area contributed by atoms with Crippen LogP contribution in [0.1, 0.15) is 22.1 Å². The van der Waals surface area contributed by atoms with E-state index >= 15 is 0 Å². The molecule has 0 saturated carbocycles. The van der Waals surface area contributed by atoms with Gasteiger partial charge in [-0.1, -0.05) is 23.7 Å². The van der Waals surface area contributed by atoms with Crippen molar-refractivity contribution in [3.63, 3.8) is 0 Å². The molecule has 0 aliphatic rings. The Morgan fingerprint density at radius 3 is 2.53 bits per heavy atom. The molecule has 2 aromatic rings. The maximum absolute atomic E-state index is 6.56. The van der Waals surface area contributed by atoms with E-state index in [2.05, 4.69) is 15.9 Å². The molecule has 0 aromatic heterocycles. The fourth-order valence-electron chi connectivity index (χ4n) is 1.90. The number of benzene rings is 2. The van der Waals surface area contributed by atoms with Gasteiger partial charge in [-0.2, -0.15) is 0 Å². The molecular formula is C15H13BrCl2O. The van der Waals surface area contributed by atoms with Gasteiger partial charge in [0, 0.05) is 5.02 Å². The topological polar surface area (TPSA) is 9.23 Å². The number of rotatable bonds is 3. The van der Waals surface area contributed by atoms with Gasteiger partial charge in [0.2, 0.25) is 0 Å². The summed E-state index contributed by atoms with van der Waals surface area (Å²) in [5.74, 6) is 0.787. The van der Waals surface area contributed by atoms with Gasteiger partial charge in [-0.3, -0.25) is 0 Å². The normalized spacial score (nSPS) is 12.3. The van der Waals surface area contributed by atoms with Crippen molar-refractivity contribution in [1.29, 1.82) is 0 Å². The molecule has 2 rings (SSSR count). The minimum absolute atomic E-state index is 0.235. The average Bonchev–Trinajstić information content (AvgIpc) is 2.40. The standard InChI is InChI=1S/C15H13BrCl2O/c1-9-3-5-11(17)8-12(9)15(18)10-4-6-14(19-2)13(16)7-10/h3-8,15H,1-2H3. The first-order valence-electron chi connectivity index (χ1n) is 5.76. The van der Waals surface area contributed by atoms with E-state index in [1.54, 1.807) is 7.11 Å². The molecule has 19 heavy (non-hydrogen) atoms. The highest BCUT2D eigenvalue weighted by Crippen LogP contribution is 2.36. The molecule has 0 amide bonds. The maximum Gasteiger partial charge on any atom is 0.133 e. The quantitative estimate of drug-likeness (QED) is 0.634. The lowest BCUT2D eigenvalue weighted by Gasteiger charge is -2.15. The molecule has 0 spiro atoms. The number of hydrogen-bond acceptors (Lipinski definition) is 1. The van der Waals surface area contributed by atoms with Gasteiger partial charge in [0.25, 0.3) is 0 Å². The van der Waals surface area contributed by atoms with E-state index in [-0.39, 0.29) is 5.38 Å². The number of aryl methyl sites for hydroxylation is 1. The number of halogens is 3. The summed E-state index contributed by atoms with van der Waals surface area (Å²) in [6.07, 6.45) is 0. The summed E-state index contributed by atoms with van der Waals surface area (Å²) in [5.41, 5.74) is 3.14. The van der Waals surface area contributed by atoms with Crippen molar-refractivity contribution >= 4 is 39.1 Å². The Labute approximate surface area is 131 Å². The maximum atomic E-state index is 6.56. The monoisotopic (exact) mass is 358 g/mol. The third kappa shape index (κ3) is 3.25. The summed E-state index contributed by atoms with van der Waals surface area (Å²) in [7, 11) is 1.64. The molecule has 0 bridgehead atoms. The van der Waals surface area contributed by atoms with Crippen molar-refractivity contribution in [1.82, 2.24) is 0 Å². The van der Waals surface area contributed by atoms with E-state index in [1.807, 2.05) is 43.3 Å². The Morgan fingerprint density at radius 2 is 1.89 bits per heavy atom. The Balaban J connectivity index is 2.41. The van der Waals surface area contributed by atoms with Crippen molar-refractivity contribution in [2.45, 2.75) is 12.3 Å². The fourth-order valence-corrected chi connectivity index (χ4v) is 3.01. The first-order chi connectivity index (χ1) is 9.02.